The molecular weight excluding hydrogens is 326 g/mol. The number of nitrogens with one attached hydrogen (secondary N) is 1. The number of hydrogen-bond donors (Lipinski definition) is 2. The molecule has 3 rings (SSSR count). The Bertz CT molecular complexity index is 847. The minimum atomic E-state index is -0.181. The zero-order valence-corrected chi connectivity index (χ0v) is 14.6. The first kappa shape index (κ1) is 17.6. The fourth-order valence-electron chi connectivity index (χ4n) is 2.55. The first-order valence-electron chi connectivity index (χ1n) is 8.50. The van der Waals surface area contributed by atoms with Crippen molar-refractivity contribution < 1.29 is 9.53 Å². The monoisotopic (exact) mass is 347 g/mol. The summed E-state index contributed by atoms with van der Waals surface area (Å²) in [6.07, 6.45) is 1.50. The molecule has 26 heavy (non-hydrogen) atoms. The fraction of sp³-hybridized carbons (Fsp3) is 0.143. The molecule has 0 aliphatic carbocycles. The molecule has 0 radical (unpaired) electrons. The summed E-state index contributed by atoms with van der Waals surface area (Å²) in [6.45, 7) is 2.45. The summed E-state index contributed by atoms with van der Waals surface area (Å²) in [6, 6.07) is 20.7. The summed E-state index contributed by atoms with van der Waals surface area (Å²) in [4.78, 5) is 15.9. The number of carbonyl (C=O) groups excluding carboxylic acids is 1. The summed E-state index contributed by atoms with van der Waals surface area (Å²) in [7, 11) is 0. The third kappa shape index (κ3) is 4.26. The van der Waals surface area contributed by atoms with Crippen molar-refractivity contribution in [3.05, 3.63) is 89.6 Å². The number of amides is 1. The molecule has 0 saturated heterocycles. The van der Waals surface area contributed by atoms with Gasteiger partial charge in [0.25, 0.3) is 5.91 Å². The van der Waals surface area contributed by atoms with Crippen LogP contribution in [0.2, 0.25) is 0 Å². The molecule has 1 amide bonds. The molecule has 5 nitrogen and oxygen atoms in total. The third-order valence-corrected chi connectivity index (χ3v) is 3.96. The van der Waals surface area contributed by atoms with Crippen molar-refractivity contribution in [1.29, 1.82) is 0 Å². The van der Waals surface area contributed by atoms with Gasteiger partial charge in [0.2, 0.25) is 5.88 Å². The summed E-state index contributed by atoms with van der Waals surface area (Å²) in [5.74, 6) is 0.941. The molecule has 1 heterocycles. The molecular formula is C21H21N3O2. The van der Waals surface area contributed by atoms with Gasteiger partial charge in [-0.15, -0.1) is 0 Å². The highest BCUT2D eigenvalue weighted by Gasteiger charge is 2.09. The maximum atomic E-state index is 11.7. The van der Waals surface area contributed by atoms with E-state index < -0.39 is 0 Å². The highest BCUT2D eigenvalue weighted by atomic mass is 16.5. The Hall–Kier alpha value is -3.18. The highest BCUT2D eigenvalue weighted by Crippen LogP contribution is 2.24. The molecule has 0 aliphatic heterocycles. The van der Waals surface area contributed by atoms with Crippen LogP contribution < -0.4 is 15.8 Å². The molecule has 0 aliphatic rings. The Morgan fingerprint density at radius 3 is 2.35 bits per heavy atom. The van der Waals surface area contributed by atoms with Gasteiger partial charge >= 0.3 is 0 Å². The summed E-state index contributed by atoms with van der Waals surface area (Å²) < 4.78 is 5.73. The SMILES string of the molecule is CCNC(=O)c1ccc(Oc2ccc(C(N)c3ccccc3)cc2)nc1. The van der Waals surface area contributed by atoms with Gasteiger partial charge in [0, 0.05) is 18.8 Å². The number of benzene rings is 2. The average Bonchev–Trinajstić information content (AvgIpc) is 2.69. The average molecular weight is 347 g/mol. The Kier molecular flexibility index (Phi) is 5.61. The molecule has 1 unspecified atom stereocenters. The maximum Gasteiger partial charge on any atom is 0.252 e. The second-order valence-corrected chi connectivity index (χ2v) is 5.80. The van der Waals surface area contributed by atoms with Crippen molar-refractivity contribution in [1.82, 2.24) is 10.3 Å². The van der Waals surface area contributed by atoms with Crippen molar-refractivity contribution in [2.24, 2.45) is 5.73 Å². The van der Waals surface area contributed by atoms with Crippen LogP contribution >= 0.6 is 0 Å². The van der Waals surface area contributed by atoms with Crippen LogP contribution in [0.5, 0.6) is 11.6 Å². The van der Waals surface area contributed by atoms with Crippen LogP contribution in [0.1, 0.15) is 34.5 Å². The predicted octanol–water partition coefficient (Wildman–Crippen LogP) is 3.67. The molecule has 0 fully saturated rings. The van der Waals surface area contributed by atoms with Gasteiger partial charge in [-0.3, -0.25) is 4.79 Å². The van der Waals surface area contributed by atoms with Crippen LogP contribution in [-0.2, 0) is 0 Å². The zero-order valence-electron chi connectivity index (χ0n) is 14.6. The quantitative estimate of drug-likeness (QED) is 0.713. The van der Waals surface area contributed by atoms with Gasteiger partial charge in [0.15, 0.2) is 0 Å². The van der Waals surface area contributed by atoms with Gasteiger partial charge < -0.3 is 15.8 Å². The lowest BCUT2D eigenvalue weighted by Gasteiger charge is -2.13. The Labute approximate surface area is 152 Å². The smallest absolute Gasteiger partial charge is 0.252 e. The zero-order chi connectivity index (χ0) is 18.4. The van der Waals surface area contributed by atoms with Crippen LogP contribution in [0, 0.1) is 0 Å². The Morgan fingerprint density at radius 2 is 1.73 bits per heavy atom. The molecule has 132 valence electrons. The number of ether oxygens (including phenoxy) is 1. The van der Waals surface area contributed by atoms with E-state index in [1.807, 2.05) is 61.5 Å². The van der Waals surface area contributed by atoms with Crippen molar-refractivity contribution in [3.8, 4) is 11.6 Å². The van der Waals surface area contributed by atoms with Crippen LogP contribution in [0.15, 0.2) is 72.9 Å². The second-order valence-electron chi connectivity index (χ2n) is 5.80. The van der Waals surface area contributed by atoms with Crippen molar-refractivity contribution in [2.45, 2.75) is 13.0 Å². The van der Waals surface area contributed by atoms with E-state index in [2.05, 4.69) is 10.3 Å². The topological polar surface area (TPSA) is 77.2 Å². The van der Waals surface area contributed by atoms with Gasteiger partial charge in [-0.05, 0) is 36.2 Å². The minimum Gasteiger partial charge on any atom is -0.439 e. The minimum absolute atomic E-state index is 0.147. The van der Waals surface area contributed by atoms with Gasteiger partial charge in [0.05, 0.1) is 11.6 Å². The number of nitrogens with two attached hydrogens (primary N) is 1. The lowest BCUT2D eigenvalue weighted by molar-refractivity contribution is 0.0955. The molecule has 1 atom stereocenters. The molecule has 0 saturated carbocycles. The second kappa shape index (κ2) is 8.27. The number of rotatable bonds is 6. The molecule has 3 aromatic rings. The highest BCUT2D eigenvalue weighted by molar-refractivity contribution is 5.93. The lowest BCUT2D eigenvalue weighted by Crippen LogP contribution is -2.22. The lowest BCUT2D eigenvalue weighted by atomic mass is 10.00. The maximum absolute atomic E-state index is 11.7. The molecule has 1 aromatic heterocycles. The number of carbonyl (C=O) groups is 1. The third-order valence-electron chi connectivity index (χ3n) is 3.96. The van der Waals surface area contributed by atoms with E-state index in [0.29, 0.717) is 23.7 Å². The molecule has 5 heteroatoms. The van der Waals surface area contributed by atoms with E-state index in [1.165, 1.54) is 6.20 Å². The Balaban J connectivity index is 1.67. The first-order valence-corrected chi connectivity index (χ1v) is 8.50. The summed E-state index contributed by atoms with van der Waals surface area (Å²) in [5, 5.41) is 2.73. The number of nitrogens with zero attached hydrogens (tertiary/aromatic N) is 1. The predicted molar refractivity (Wildman–Crippen MR) is 101 cm³/mol. The van der Waals surface area contributed by atoms with Crippen LogP contribution in [0.3, 0.4) is 0 Å². The van der Waals surface area contributed by atoms with Crippen LogP contribution in [-0.4, -0.2) is 17.4 Å². The van der Waals surface area contributed by atoms with E-state index >= 15 is 0 Å². The van der Waals surface area contributed by atoms with Crippen LogP contribution in [0.25, 0.3) is 0 Å². The van der Waals surface area contributed by atoms with E-state index in [1.54, 1.807) is 12.1 Å². The largest absolute Gasteiger partial charge is 0.439 e. The van der Waals surface area contributed by atoms with E-state index in [-0.39, 0.29) is 11.9 Å². The van der Waals surface area contributed by atoms with Crippen molar-refractivity contribution >= 4 is 5.91 Å². The van der Waals surface area contributed by atoms with E-state index in [0.717, 1.165) is 11.1 Å². The standard InChI is InChI=1S/C21H21N3O2/c1-2-23-21(25)17-10-13-19(24-14-17)26-18-11-8-16(9-12-18)20(22)15-6-4-3-5-7-15/h3-14,20H,2,22H2,1H3,(H,23,25). The fourth-order valence-corrected chi connectivity index (χ4v) is 2.55. The number of pyridine rings is 1. The summed E-state index contributed by atoms with van der Waals surface area (Å²) >= 11 is 0. The number of aromatic nitrogens is 1. The normalized spacial score (nSPS) is 11.6. The Morgan fingerprint density at radius 1 is 1.04 bits per heavy atom. The summed E-state index contributed by atoms with van der Waals surface area (Å²) in [5.41, 5.74) is 8.86. The van der Waals surface area contributed by atoms with Crippen molar-refractivity contribution in [2.75, 3.05) is 6.54 Å². The van der Waals surface area contributed by atoms with E-state index in [4.69, 9.17) is 10.5 Å². The number of hydrogen-bond acceptors (Lipinski definition) is 4. The molecule has 0 bridgehead atoms. The van der Waals surface area contributed by atoms with Crippen molar-refractivity contribution in [3.63, 3.8) is 0 Å². The van der Waals surface area contributed by atoms with E-state index in [9.17, 15) is 4.79 Å². The van der Waals surface area contributed by atoms with Gasteiger partial charge in [0.1, 0.15) is 5.75 Å². The van der Waals surface area contributed by atoms with Gasteiger partial charge in [-0.25, -0.2) is 4.98 Å². The van der Waals surface area contributed by atoms with Gasteiger partial charge in [-0.2, -0.15) is 0 Å². The molecule has 3 N–H and O–H groups in total. The molecule has 2 aromatic carbocycles. The van der Waals surface area contributed by atoms with Crippen LogP contribution in [0.4, 0.5) is 0 Å². The van der Waals surface area contributed by atoms with Gasteiger partial charge in [-0.1, -0.05) is 42.5 Å². The first-order chi connectivity index (χ1) is 12.7. The molecule has 0 spiro atoms.